The SMILES string of the molecule is CCNC(CC(C)C1CC1C)C(C)C(C)C. The second-order valence-corrected chi connectivity index (χ2v) is 6.36. The molecule has 1 fully saturated rings. The maximum Gasteiger partial charge on any atom is 0.00976 e. The van der Waals surface area contributed by atoms with Crippen LogP contribution in [0.25, 0.3) is 0 Å². The van der Waals surface area contributed by atoms with Gasteiger partial charge in [-0.3, -0.25) is 0 Å². The van der Waals surface area contributed by atoms with E-state index in [1.807, 2.05) is 0 Å². The van der Waals surface area contributed by atoms with Crippen LogP contribution in [0, 0.1) is 29.6 Å². The minimum Gasteiger partial charge on any atom is -0.314 e. The first-order valence-electron chi connectivity index (χ1n) is 7.20. The van der Waals surface area contributed by atoms with Crippen LogP contribution in [-0.4, -0.2) is 12.6 Å². The molecule has 1 aliphatic carbocycles. The molecule has 0 saturated heterocycles. The third-order valence-electron chi connectivity index (χ3n) is 4.68. The van der Waals surface area contributed by atoms with Crippen LogP contribution in [-0.2, 0) is 0 Å². The van der Waals surface area contributed by atoms with Crippen molar-refractivity contribution in [2.75, 3.05) is 6.54 Å². The summed E-state index contributed by atoms with van der Waals surface area (Å²) < 4.78 is 0. The van der Waals surface area contributed by atoms with Crippen molar-refractivity contribution < 1.29 is 0 Å². The lowest BCUT2D eigenvalue weighted by Gasteiger charge is -2.30. The lowest BCUT2D eigenvalue weighted by molar-refractivity contribution is 0.250. The van der Waals surface area contributed by atoms with Crippen LogP contribution in [0.3, 0.4) is 0 Å². The van der Waals surface area contributed by atoms with Crippen LogP contribution >= 0.6 is 0 Å². The Balaban J connectivity index is 2.43. The highest BCUT2D eigenvalue weighted by Gasteiger charge is 2.38. The largest absolute Gasteiger partial charge is 0.314 e. The van der Waals surface area contributed by atoms with Crippen molar-refractivity contribution in [2.45, 2.75) is 60.4 Å². The lowest BCUT2D eigenvalue weighted by Crippen LogP contribution is -2.38. The van der Waals surface area contributed by atoms with Gasteiger partial charge in [-0.1, -0.05) is 41.5 Å². The van der Waals surface area contributed by atoms with E-state index < -0.39 is 0 Å². The molecule has 1 heteroatoms. The van der Waals surface area contributed by atoms with E-state index in [2.05, 4.69) is 46.9 Å². The van der Waals surface area contributed by atoms with Gasteiger partial charge in [0, 0.05) is 6.04 Å². The van der Waals surface area contributed by atoms with E-state index in [1.165, 1.54) is 12.8 Å². The molecular formula is C15H31N. The number of rotatable bonds is 7. The molecule has 0 aliphatic heterocycles. The van der Waals surface area contributed by atoms with Crippen molar-refractivity contribution in [1.29, 1.82) is 0 Å². The van der Waals surface area contributed by atoms with Gasteiger partial charge in [0.2, 0.25) is 0 Å². The molecule has 96 valence electrons. The zero-order valence-electron chi connectivity index (χ0n) is 12.1. The smallest absolute Gasteiger partial charge is 0.00976 e. The first kappa shape index (κ1) is 14.0. The predicted octanol–water partition coefficient (Wildman–Crippen LogP) is 3.94. The van der Waals surface area contributed by atoms with Crippen molar-refractivity contribution in [3.63, 3.8) is 0 Å². The summed E-state index contributed by atoms with van der Waals surface area (Å²) >= 11 is 0. The molecule has 0 heterocycles. The van der Waals surface area contributed by atoms with Gasteiger partial charge < -0.3 is 5.32 Å². The predicted molar refractivity (Wildman–Crippen MR) is 72.5 cm³/mol. The van der Waals surface area contributed by atoms with E-state index in [-0.39, 0.29) is 0 Å². The molecule has 0 radical (unpaired) electrons. The topological polar surface area (TPSA) is 12.0 Å². The molecule has 0 bridgehead atoms. The zero-order chi connectivity index (χ0) is 12.3. The molecule has 1 nitrogen and oxygen atoms in total. The molecular weight excluding hydrogens is 194 g/mol. The van der Waals surface area contributed by atoms with Crippen LogP contribution in [0.4, 0.5) is 0 Å². The molecule has 0 aromatic carbocycles. The normalized spacial score (nSPS) is 30.2. The van der Waals surface area contributed by atoms with Gasteiger partial charge >= 0.3 is 0 Å². The fourth-order valence-electron chi connectivity index (χ4n) is 2.93. The first-order chi connectivity index (χ1) is 7.47. The molecule has 5 unspecified atom stereocenters. The van der Waals surface area contributed by atoms with E-state index in [0.29, 0.717) is 6.04 Å². The molecule has 1 N–H and O–H groups in total. The number of nitrogens with one attached hydrogen (secondary N) is 1. The van der Waals surface area contributed by atoms with Crippen LogP contribution in [0.15, 0.2) is 0 Å². The van der Waals surface area contributed by atoms with Crippen LogP contribution in [0.2, 0.25) is 0 Å². The Labute approximate surface area is 102 Å². The molecule has 5 atom stereocenters. The fourth-order valence-corrected chi connectivity index (χ4v) is 2.93. The lowest BCUT2D eigenvalue weighted by atomic mass is 9.83. The molecule has 0 amide bonds. The first-order valence-corrected chi connectivity index (χ1v) is 7.20. The summed E-state index contributed by atoms with van der Waals surface area (Å²) in [7, 11) is 0. The maximum absolute atomic E-state index is 3.69. The highest BCUT2D eigenvalue weighted by molar-refractivity contribution is 4.89. The van der Waals surface area contributed by atoms with Crippen molar-refractivity contribution >= 4 is 0 Å². The Kier molecular flexibility index (Phi) is 5.30. The standard InChI is InChI=1S/C15H31N/c1-7-16-15(13(6)10(2)3)9-12(5)14-8-11(14)4/h10-16H,7-9H2,1-6H3. The summed E-state index contributed by atoms with van der Waals surface area (Å²) in [4.78, 5) is 0. The third-order valence-corrected chi connectivity index (χ3v) is 4.68. The Hall–Kier alpha value is -0.0400. The Morgan fingerprint density at radius 2 is 1.75 bits per heavy atom. The van der Waals surface area contributed by atoms with Gasteiger partial charge in [0.15, 0.2) is 0 Å². The second kappa shape index (κ2) is 6.05. The average molecular weight is 225 g/mol. The Bertz CT molecular complexity index is 200. The summed E-state index contributed by atoms with van der Waals surface area (Å²) in [5, 5.41) is 3.69. The monoisotopic (exact) mass is 225 g/mol. The second-order valence-electron chi connectivity index (χ2n) is 6.36. The fraction of sp³-hybridized carbons (Fsp3) is 1.00. The molecule has 0 spiro atoms. The van der Waals surface area contributed by atoms with E-state index in [0.717, 1.165) is 36.1 Å². The summed E-state index contributed by atoms with van der Waals surface area (Å²) in [5.41, 5.74) is 0. The van der Waals surface area contributed by atoms with Gasteiger partial charge in [0.1, 0.15) is 0 Å². The molecule has 1 rings (SSSR count). The number of hydrogen-bond donors (Lipinski definition) is 1. The molecule has 1 aliphatic rings. The minimum absolute atomic E-state index is 0.716. The number of hydrogen-bond acceptors (Lipinski definition) is 1. The maximum atomic E-state index is 3.69. The van der Waals surface area contributed by atoms with Gasteiger partial charge in [-0.2, -0.15) is 0 Å². The molecule has 0 aromatic rings. The van der Waals surface area contributed by atoms with Gasteiger partial charge in [-0.05, 0) is 49.0 Å². The van der Waals surface area contributed by atoms with E-state index in [4.69, 9.17) is 0 Å². The van der Waals surface area contributed by atoms with Gasteiger partial charge in [0.25, 0.3) is 0 Å². The van der Waals surface area contributed by atoms with Crippen molar-refractivity contribution in [2.24, 2.45) is 29.6 Å². The van der Waals surface area contributed by atoms with Gasteiger partial charge in [-0.25, -0.2) is 0 Å². The van der Waals surface area contributed by atoms with Crippen molar-refractivity contribution in [3.8, 4) is 0 Å². The van der Waals surface area contributed by atoms with Crippen LogP contribution in [0.1, 0.15) is 54.4 Å². The molecule has 1 saturated carbocycles. The van der Waals surface area contributed by atoms with Gasteiger partial charge in [0.05, 0.1) is 0 Å². The average Bonchev–Trinajstić information content (AvgIpc) is 2.93. The van der Waals surface area contributed by atoms with Crippen LogP contribution < -0.4 is 5.32 Å². The van der Waals surface area contributed by atoms with E-state index in [1.54, 1.807) is 0 Å². The summed E-state index contributed by atoms with van der Waals surface area (Å²) in [6.45, 7) is 15.3. The third kappa shape index (κ3) is 3.76. The molecule has 16 heavy (non-hydrogen) atoms. The Morgan fingerprint density at radius 1 is 1.19 bits per heavy atom. The highest BCUT2D eigenvalue weighted by atomic mass is 14.9. The summed E-state index contributed by atoms with van der Waals surface area (Å²) in [6.07, 6.45) is 2.83. The van der Waals surface area contributed by atoms with Crippen molar-refractivity contribution in [3.05, 3.63) is 0 Å². The summed E-state index contributed by atoms with van der Waals surface area (Å²) in [5.74, 6) is 4.48. The van der Waals surface area contributed by atoms with Gasteiger partial charge in [-0.15, -0.1) is 0 Å². The quantitative estimate of drug-likeness (QED) is 0.692. The summed E-state index contributed by atoms with van der Waals surface area (Å²) in [6, 6.07) is 0.716. The van der Waals surface area contributed by atoms with Crippen LogP contribution in [0.5, 0.6) is 0 Å². The zero-order valence-corrected chi connectivity index (χ0v) is 12.1. The highest BCUT2D eigenvalue weighted by Crippen LogP contribution is 2.45. The molecule has 0 aromatic heterocycles. The van der Waals surface area contributed by atoms with Crippen molar-refractivity contribution in [1.82, 2.24) is 5.32 Å². The van der Waals surface area contributed by atoms with E-state index in [9.17, 15) is 0 Å². The van der Waals surface area contributed by atoms with E-state index >= 15 is 0 Å². The minimum atomic E-state index is 0.716. The Morgan fingerprint density at radius 3 is 2.12 bits per heavy atom.